The number of halogens is 2. The number of hydrogen-bond donors (Lipinski definition) is 0. The van der Waals surface area contributed by atoms with Crippen LogP contribution in [0.5, 0.6) is 0 Å². The van der Waals surface area contributed by atoms with Crippen molar-refractivity contribution in [3.05, 3.63) is 136 Å². The third-order valence-electron chi connectivity index (χ3n) is 6.30. The van der Waals surface area contributed by atoms with Gasteiger partial charge in [0, 0.05) is 5.56 Å². The molecule has 0 unspecified atom stereocenters. The van der Waals surface area contributed by atoms with Crippen LogP contribution in [0.25, 0.3) is 22.5 Å². The Kier molecular flexibility index (Phi) is 4.75. The third kappa shape index (κ3) is 3.01. The van der Waals surface area contributed by atoms with E-state index in [1.807, 2.05) is 12.1 Å². The molecule has 1 aromatic heterocycles. The van der Waals surface area contributed by atoms with E-state index in [9.17, 15) is 0 Å². The Balaban J connectivity index is 1.77. The second-order valence-corrected chi connectivity index (χ2v) is 8.63. The molecule has 0 N–H and O–H groups in total. The first kappa shape index (κ1) is 20.1. The SMILES string of the molecule is Clc1nc(Cl)nc(-c2cccc3c2-c2ccccc2C3(c2ccccc2)c2ccccc2)n1. The van der Waals surface area contributed by atoms with Crippen molar-refractivity contribution < 1.29 is 0 Å². The van der Waals surface area contributed by atoms with Crippen molar-refractivity contribution in [3.8, 4) is 22.5 Å². The van der Waals surface area contributed by atoms with Gasteiger partial charge >= 0.3 is 0 Å². The summed E-state index contributed by atoms with van der Waals surface area (Å²) in [5.41, 5.74) is 7.41. The Labute approximate surface area is 201 Å². The second kappa shape index (κ2) is 7.80. The molecule has 0 spiro atoms. The molecule has 1 aliphatic rings. The number of fused-ring (bicyclic) bond motifs is 3. The number of nitrogens with zero attached hydrogens (tertiary/aromatic N) is 3. The monoisotopic (exact) mass is 465 g/mol. The zero-order chi connectivity index (χ0) is 22.4. The maximum absolute atomic E-state index is 6.15. The Morgan fingerprint density at radius 3 is 1.64 bits per heavy atom. The molecule has 33 heavy (non-hydrogen) atoms. The lowest BCUT2D eigenvalue weighted by molar-refractivity contribution is 0.768. The molecule has 0 atom stereocenters. The summed E-state index contributed by atoms with van der Waals surface area (Å²) in [6.07, 6.45) is 0. The molecular formula is C28H17Cl2N3. The molecule has 0 fully saturated rings. The van der Waals surface area contributed by atoms with Gasteiger partial charge in [-0.25, -0.2) is 0 Å². The topological polar surface area (TPSA) is 38.7 Å². The molecule has 5 aromatic rings. The van der Waals surface area contributed by atoms with Crippen molar-refractivity contribution in [1.82, 2.24) is 15.0 Å². The van der Waals surface area contributed by atoms with Crippen molar-refractivity contribution in [2.75, 3.05) is 0 Å². The van der Waals surface area contributed by atoms with Gasteiger partial charge in [0.2, 0.25) is 10.6 Å². The lowest BCUT2D eigenvalue weighted by Crippen LogP contribution is -2.28. The maximum Gasteiger partial charge on any atom is 0.227 e. The summed E-state index contributed by atoms with van der Waals surface area (Å²) in [7, 11) is 0. The summed E-state index contributed by atoms with van der Waals surface area (Å²) in [6.45, 7) is 0. The van der Waals surface area contributed by atoms with Gasteiger partial charge in [-0.15, -0.1) is 0 Å². The third-order valence-corrected chi connectivity index (χ3v) is 6.64. The Morgan fingerprint density at radius 2 is 1.00 bits per heavy atom. The first-order valence-corrected chi connectivity index (χ1v) is 11.4. The molecule has 0 saturated heterocycles. The molecule has 5 heteroatoms. The molecule has 0 saturated carbocycles. The molecule has 0 aliphatic heterocycles. The highest BCUT2D eigenvalue weighted by Gasteiger charge is 2.46. The number of benzene rings is 4. The molecule has 158 valence electrons. The molecule has 1 aliphatic carbocycles. The molecule has 0 bridgehead atoms. The highest BCUT2D eigenvalue weighted by molar-refractivity contribution is 6.31. The maximum atomic E-state index is 6.15. The van der Waals surface area contributed by atoms with Crippen molar-refractivity contribution in [1.29, 1.82) is 0 Å². The lowest BCUT2D eigenvalue weighted by atomic mass is 9.67. The van der Waals surface area contributed by atoms with Gasteiger partial charge in [-0.3, -0.25) is 0 Å². The average molecular weight is 466 g/mol. The summed E-state index contributed by atoms with van der Waals surface area (Å²) >= 11 is 12.3. The first-order valence-electron chi connectivity index (χ1n) is 10.6. The summed E-state index contributed by atoms with van der Waals surface area (Å²) in [4.78, 5) is 12.7. The fourth-order valence-corrected chi connectivity index (χ4v) is 5.49. The van der Waals surface area contributed by atoms with E-state index in [0.29, 0.717) is 5.82 Å². The van der Waals surface area contributed by atoms with E-state index in [4.69, 9.17) is 23.2 Å². The molecular weight excluding hydrogens is 449 g/mol. The van der Waals surface area contributed by atoms with Crippen molar-refractivity contribution in [2.24, 2.45) is 0 Å². The minimum absolute atomic E-state index is 0.0752. The molecule has 4 aromatic carbocycles. The van der Waals surface area contributed by atoms with Gasteiger partial charge in [0.15, 0.2) is 5.82 Å². The Morgan fingerprint density at radius 1 is 0.485 bits per heavy atom. The summed E-state index contributed by atoms with van der Waals surface area (Å²) in [5.74, 6) is 0.462. The van der Waals surface area contributed by atoms with Gasteiger partial charge in [0.25, 0.3) is 0 Å². The van der Waals surface area contributed by atoms with Crippen LogP contribution >= 0.6 is 23.2 Å². The molecule has 6 rings (SSSR count). The van der Waals surface area contributed by atoms with E-state index < -0.39 is 5.41 Å². The van der Waals surface area contributed by atoms with Crippen LogP contribution in [0.4, 0.5) is 0 Å². The van der Waals surface area contributed by atoms with E-state index in [-0.39, 0.29) is 10.6 Å². The zero-order valence-corrected chi connectivity index (χ0v) is 18.9. The normalized spacial score (nSPS) is 13.4. The summed E-state index contributed by atoms with van der Waals surface area (Å²) in [5, 5.41) is 0.150. The van der Waals surface area contributed by atoms with Crippen LogP contribution in [-0.4, -0.2) is 15.0 Å². The Hall–Kier alpha value is -3.53. The minimum Gasteiger partial charge on any atom is -0.198 e. The second-order valence-electron chi connectivity index (χ2n) is 7.95. The van der Waals surface area contributed by atoms with Crippen LogP contribution in [0.2, 0.25) is 10.6 Å². The first-order chi connectivity index (χ1) is 16.2. The van der Waals surface area contributed by atoms with Crippen molar-refractivity contribution in [3.63, 3.8) is 0 Å². The van der Waals surface area contributed by atoms with Crippen LogP contribution in [0.3, 0.4) is 0 Å². The number of aromatic nitrogens is 3. The van der Waals surface area contributed by atoms with Crippen LogP contribution in [0.15, 0.2) is 103 Å². The molecule has 3 nitrogen and oxygen atoms in total. The molecule has 0 radical (unpaired) electrons. The molecule has 1 heterocycles. The van der Waals surface area contributed by atoms with Gasteiger partial charge in [-0.2, -0.15) is 15.0 Å². The fraction of sp³-hybridized carbons (Fsp3) is 0.0357. The van der Waals surface area contributed by atoms with Crippen molar-refractivity contribution >= 4 is 23.2 Å². The summed E-state index contributed by atoms with van der Waals surface area (Å²) in [6, 6.07) is 36.1. The van der Waals surface area contributed by atoms with E-state index >= 15 is 0 Å². The number of rotatable bonds is 3. The van der Waals surface area contributed by atoms with E-state index in [2.05, 4.69) is 106 Å². The predicted molar refractivity (Wildman–Crippen MR) is 133 cm³/mol. The lowest BCUT2D eigenvalue weighted by Gasteiger charge is -2.33. The van der Waals surface area contributed by atoms with Gasteiger partial charge < -0.3 is 0 Å². The standard InChI is InChI=1S/C28H17Cl2N3/c29-26-31-25(32-27(30)33-26)21-15-9-17-23-24(21)20-14-7-8-16-22(20)28(23,18-10-3-1-4-11-18)19-12-5-2-6-13-19/h1-17H. The Bertz CT molecular complexity index is 1420. The zero-order valence-electron chi connectivity index (χ0n) is 17.4. The van der Waals surface area contributed by atoms with E-state index in [0.717, 1.165) is 16.7 Å². The van der Waals surface area contributed by atoms with Crippen molar-refractivity contribution in [2.45, 2.75) is 5.41 Å². The van der Waals surface area contributed by atoms with Gasteiger partial charge in [0.1, 0.15) is 0 Å². The quantitative estimate of drug-likeness (QED) is 0.277. The predicted octanol–water partition coefficient (Wildman–Crippen LogP) is 7.21. The van der Waals surface area contributed by atoms with Gasteiger partial charge in [-0.1, -0.05) is 103 Å². The average Bonchev–Trinajstić information content (AvgIpc) is 3.16. The van der Waals surface area contributed by atoms with E-state index in [1.165, 1.54) is 22.3 Å². The van der Waals surface area contributed by atoms with Crippen LogP contribution in [0.1, 0.15) is 22.3 Å². The van der Waals surface area contributed by atoms with E-state index in [1.54, 1.807) is 0 Å². The smallest absolute Gasteiger partial charge is 0.198 e. The minimum atomic E-state index is -0.481. The van der Waals surface area contributed by atoms with Gasteiger partial charge in [-0.05, 0) is 56.6 Å². The highest BCUT2D eigenvalue weighted by atomic mass is 35.5. The molecule has 0 amide bonds. The van der Waals surface area contributed by atoms with Crippen LogP contribution in [-0.2, 0) is 5.41 Å². The number of hydrogen-bond acceptors (Lipinski definition) is 3. The van der Waals surface area contributed by atoms with Crippen LogP contribution in [0, 0.1) is 0 Å². The van der Waals surface area contributed by atoms with Gasteiger partial charge in [0.05, 0.1) is 5.41 Å². The highest BCUT2D eigenvalue weighted by Crippen LogP contribution is 2.57. The largest absolute Gasteiger partial charge is 0.227 e. The van der Waals surface area contributed by atoms with Crippen LogP contribution < -0.4 is 0 Å². The summed E-state index contributed by atoms with van der Waals surface area (Å²) < 4.78 is 0. The fourth-order valence-electron chi connectivity index (χ4n) is 5.13.